The van der Waals surface area contributed by atoms with E-state index in [0.29, 0.717) is 19.0 Å². The fourth-order valence-corrected chi connectivity index (χ4v) is 1.67. The average molecular weight is 190 g/mol. The van der Waals surface area contributed by atoms with Gasteiger partial charge >= 0.3 is 0 Å². The molecule has 0 radical (unpaired) electrons. The molecule has 1 atom stereocenters. The molecule has 0 aromatic carbocycles. The predicted octanol–water partition coefficient (Wildman–Crippen LogP) is 1.39. The highest BCUT2D eigenvalue weighted by atomic mass is 16.5. The normalized spacial score (nSPS) is 14.5. The second kappa shape index (κ2) is 6.32. The molecule has 0 saturated heterocycles. The van der Waals surface area contributed by atoms with Crippen molar-refractivity contribution in [2.24, 2.45) is 11.3 Å². The van der Waals surface area contributed by atoms with Crippen LogP contribution in [-0.4, -0.2) is 23.5 Å². The summed E-state index contributed by atoms with van der Waals surface area (Å²) in [5, 5.41) is 17.0. The molecule has 0 aromatic rings. The van der Waals surface area contributed by atoms with Gasteiger partial charge in [0, 0.05) is 13.1 Å². The summed E-state index contributed by atoms with van der Waals surface area (Å²) in [6.45, 7) is 7.66. The third kappa shape index (κ3) is 6.95. The van der Waals surface area contributed by atoms with Crippen molar-refractivity contribution in [2.75, 3.05) is 13.1 Å². The van der Waals surface area contributed by atoms with Crippen LogP contribution in [0.5, 0.6) is 0 Å². The molecule has 0 heterocycles. The Morgan fingerprint density at radius 2 is 1.85 bits per heavy atom. The molecule has 0 aliphatic heterocycles. The number of hydrogen-bond donors (Lipinski definition) is 4. The zero-order valence-electron chi connectivity index (χ0n) is 8.80. The van der Waals surface area contributed by atoms with Gasteiger partial charge in [0.05, 0.1) is 0 Å². The largest absolute Gasteiger partial charge is 0.317 e. The first kappa shape index (κ1) is 12.8. The Labute approximate surface area is 80.3 Å². The van der Waals surface area contributed by atoms with Crippen molar-refractivity contribution in [3.8, 4) is 0 Å². The van der Waals surface area contributed by atoms with Gasteiger partial charge in [-0.2, -0.15) is 0 Å². The Hall–Kier alpha value is -0.160. The van der Waals surface area contributed by atoms with Crippen LogP contribution in [0.3, 0.4) is 0 Å². The Balaban J connectivity index is 3.71. The maximum absolute atomic E-state index is 8.51. The minimum absolute atomic E-state index is 0.200. The van der Waals surface area contributed by atoms with E-state index in [1.165, 1.54) is 0 Å². The quantitative estimate of drug-likeness (QED) is 0.458. The van der Waals surface area contributed by atoms with Gasteiger partial charge in [0.15, 0.2) is 0 Å². The Bertz CT molecular complexity index is 129. The van der Waals surface area contributed by atoms with E-state index in [2.05, 4.69) is 31.7 Å². The summed E-state index contributed by atoms with van der Waals surface area (Å²) in [7, 11) is 0. The summed E-state index contributed by atoms with van der Waals surface area (Å²) in [6.07, 6.45) is 1.96. The molecule has 0 aliphatic rings. The number of hydrogen-bond acceptors (Lipinski definition) is 4. The lowest BCUT2D eigenvalue weighted by atomic mass is 9.80. The predicted molar refractivity (Wildman–Crippen MR) is 51.8 cm³/mol. The average Bonchev–Trinajstić information content (AvgIpc) is 2.00. The van der Waals surface area contributed by atoms with Crippen molar-refractivity contribution in [2.45, 2.75) is 33.6 Å². The number of nitrogens with one attached hydrogen (secondary N) is 2. The van der Waals surface area contributed by atoms with Gasteiger partial charge in [-0.15, -0.1) is 0 Å². The van der Waals surface area contributed by atoms with Crippen LogP contribution in [-0.2, 0) is 0 Å². The maximum atomic E-state index is 8.51. The molecule has 0 bridgehead atoms. The highest BCUT2D eigenvalue weighted by Crippen LogP contribution is 2.28. The summed E-state index contributed by atoms with van der Waals surface area (Å²) in [5.74, 6) is 0.443. The molecule has 0 fully saturated rings. The highest BCUT2D eigenvalue weighted by Gasteiger charge is 2.20. The van der Waals surface area contributed by atoms with Crippen molar-refractivity contribution in [1.82, 2.24) is 11.0 Å². The third-order valence-corrected chi connectivity index (χ3v) is 2.25. The molecule has 0 spiro atoms. The van der Waals surface area contributed by atoms with Crippen LogP contribution in [0.1, 0.15) is 33.6 Å². The van der Waals surface area contributed by atoms with Crippen LogP contribution >= 0.6 is 0 Å². The molecule has 4 nitrogen and oxygen atoms in total. The lowest BCUT2D eigenvalue weighted by Crippen LogP contribution is -2.26. The summed E-state index contributed by atoms with van der Waals surface area (Å²) in [5.41, 5.74) is 4.55. The zero-order chi connectivity index (χ0) is 10.3. The van der Waals surface area contributed by atoms with E-state index in [1.54, 1.807) is 0 Å². The van der Waals surface area contributed by atoms with Crippen LogP contribution < -0.4 is 11.0 Å². The summed E-state index contributed by atoms with van der Waals surface area (Å²) < 4.78 is 0. The lowest BCUT2D eigenvalue weighted by Gasteiger charge is -2.27. The Morgan fingerprint density at radius 1 is 1.23 bits per heavy atom. The first-order chi connectivity index (χ1) is 6.02. The SMILES string of the molecule is CC(CNO)CC(C)(C)CCNO. The first-order valence-corrected chi connectivity index (χ1v) is 4.76. The van der Waals surface area contributed by atoms with E-state index in [0.717, 1.165) is 12.8 Å². The van der Waals surface area contributed by atoms with E-state index in [4.69, 9.17) is 10.4 Å². The van der Waals surface area contributed by atoms with Crippen molar-refractivity contribution >= 4 is 0 Å². The molecule has 0 aromatic heterocycles. The van der Waals surface area contributed by atoms with Crippen molar-refractivity contribution < 1.29 is 10.4 Å². The smallest absolute Gasteiger partial charge is 0.0233 e. The van der Waals surface area contributed by atoms with Gasteiger partial charge in [-0.3, -0.25) is 0 Å². The minimum Gasteiger partial charge on any atom is -0.317 e. The Morgan fingerprint density at radius 3 is 2.31 bits per heavy atom. The van der Waals surface area contributed by atoms with Crippen LogP contribution in [0, 0.1) is 11.3 Å². The maximum Gasteiger partial charge on any atom is 0.0233 e. The second-order valence-electron chi connectivity index (χ2n) is 4.49. The van der Waals surface area contributed by atoms with Crippen LogP contribution in [0.4, 0.5) is 0 Å². The van der Waals surface area contributed by atoms with E-state index >= 15 is 0 Å². The van der Waals surface area contributed by atoms with Gasteiger partial charge in [-0.1, -0.05) is 20.8 Å². The molecular formula is C9H22N2O2. The first-order valence-electron chi connectivity index (χ1n) is 4.76. The zero-order valence-corrected chi connectivity index (χ0v) is 8.80. The lowest BCUT2D eigenvalue weighted by molar-refractivity contribution is 0.122. The van der Waals surface area contributed by atoms with Crippen LogP contribution in [0.25, 0.3) is 0 Å². The second-order valence-corrected chi connectivity index (χ2v) is 4.49. The van der Waals surface area contributed by atoms with Crippen molar-refractivity contribution in [1.29, 1.82) is 0 Å². The standard InChI is InChI=1S/C9H22N2O2/c1-8(7-11-13)6-9(2,3)4-5-10-12/h8,10-13H,4-7H2,1-3H3. The molecule has 0 saturated carbocycles. The van der Waals surface area contributed by atoms with E-state index in [-0.39, 0.29) is 5.41 Å². The fourth-order valence-electron chi connectivity index (χ4n) is 1.67. The van der Waals surface area contributed by atoms with Crippen LogP contribution in [0.15, 0.2) is 0 Å². The summed E-state index contributed by atoms with van der Waals surface area (Å²) >= 11 is 0. The third-order valence-electron chi connectivity index (χ3n) is 2.25. The van der Waals surface area contributed by atoms with Gasteiger partial charge < -0.3 is 10.4 Å². The van der Waals surface area contributed by atoms with Crippen molar-refractivity contribution in [3.05, 3.63) is 0 Å². The van der Waals surface area contributed by atoms with E-state index < -0.39 is 0 Å². The van der Waals surface area contributed by atoms with Gasteiger partial charge in [-0.05, 0) is 24.2 Å². The van der Waals surface area contributed by atoms with Crippen LogP contribution in [0.2, 0.25) is 0 Å². The molecule has 0 aliphatic carbocycles. The van der Waals surface area contributed by atoms with Gasteiger partial charge in [0.25, 0.3) is 0 Å². The number of rotatable bonds is 7. The minimum atomic E-state index is 0.200. The highest BCUT2D eigenvalue weighted by molar-refractivity contribution is 4.72. The van der Waals surface area contributed by atoms with Crippen molar-refractivity contribution in [3.63, 3.8) is 0 Å². The molecule has 1 unspecified atom stereocenters. The molecule has 0 amide bonds. The molecular weight excluding hydrogens is 168 g/mol. The Kier molecular flexibility index (Phi) is 6.24. The molecule has 4 heteroatoms. The molecule has 4 N–H and O–H groups in total. The van der Waals surface area contributed by atoms with E-state index in [1.807, 2.05) is 0 Å². The van der Waals surface area contributed by atoms with E-state index in [9.17, 15) is 0 Å². The molecule has 0 rings (SSSR count). The molecule has 13 heavy (non-hydrogen) atoms. The monoisotopic (exact) mass is 190 g/mol. The number of hydroxylamine groups is 2. The van der Waals surface area contributed by atoms with Gasteiger partial charge in [-0.25, -0.2) is 11.0 Å². The van der Waals surface area contributed by atoms with Gasteiger partial charge in [0.1, 0.15) is 0 Å². The fraction of sp³-hybridized carbons (Fsp3) is 1.00. The van der Waals surface area contributed by atoms with Gasteiger partial charge in [0.2, 0.25) is 0 Å². The molecule has 80 valence electrons. The summed E-state index contributed by atoms with van der Waals surface area (Å²) in [4.78, 5) is 0. The summed E-state index contributed by atoms with van der Waals surface area (Å²) in [6, 6.07) is 0. The topological polar surface area (TPSA) is 64.5 Å².